The average Bonchev–Trinajstić information content (AvgIpc) is 2.79. The fourth-order valence-electron chi connectivity index (χ4n) is 2.40. The third-order valence-electron chi connectivity index (χ3n) is 3.36. The van der Waals surface area contributed by atoms with Gasteiger partial charge in [0.15, 0.2) is 0 Å². The molecule has 1 fully saturated rings. The molecule has 2 nitrogen and oxygen atoms in total. The van der Waals surface area contributed by atoms with Gasteiger partial charge in [-0.05, 0) is 47.7 Å². The Morgan fingerprint density at radius 3 is 3.00 bits per heavy atom. The Kier molecular flexibility index (Phi) is 4.18. The lowest BCUT2D eigenvalue weighted by Crippen LogP contribution is -2.41. The standard InChI is InChI=1S/C12H20N2S/c13-7-11-3-1-2-4-12(11)14-8-10-5-6-15-9-10/h5-6,9,11-12,14H,1-4,7-8,13H2. The van der Waals surface area contributed by atoms with E-state index < -0.39 is 0 Å². The second-order valence-corrected chi connectivity index (χ2v) is 5.18. The van der Waals surface area contributed by atoms with Crippen LogP contribution in [0.25, 0.3) is 0 Å². The maximum atomic E-state index is 5.80. The monoisotopic (exact) mass is 224 g/mol. The Morgan fingerprint density at radius 1 is 1.40 bits per heavy atom. The Morgan fingerprint density at radius 2 is 2.27 bits per heavy atom. The van der Waals surface area contributed by atoms with Crippen LogP contribution in [0, 0.1) is 5.92 Å². The second kappa shape index (κ2) is 5.64. The molecule has 0 aliphatic heterocycles. The molecule has 1 aromatic rings. The maximum absolute atomic E-state index is 5.80. The van der Waals surface area contributed by atoms with Crippen molar-refractivity contribution in [3.63, 3.8) is 0 Å². The van der Waals surface area contributed by atoms with Crippen molar-refractivity contribution in [3.05, 3.63) is 22.4 Å². The van der Waals surface area contributed by atoms with E-state index in [0.717, 1.165) is 13.1 Å². The molecule has 1 heterocycles. The molecule has 1 aromatic heterocycles. The quantitative estimate of drug-likeness (QED) is 0.824. The first-order valence-corrected chi connectivity index (χ1v) is 6.79. The lowest BCUT2D eigenvalue weighted by atomic mass is 9.84. The molecule has 84 valence electrons. The molecule has 0 saturated heterocycles. The minimum absolute atomic E-state index is 0.642. The van der Waals surface area contributed by atoms with Gasteiger partial charge in [-0.2, -0.15) is 11.3 Å². The van der Waals surface area contributed by atoms with Gasteiger partial charge in [0.2, 0.25) is 0 Å². The molecule has 2 atom stereocenters. The van der Waals surface area contributed by atoms with Gasteiger partial charge in [-0.25, -0.2) is 0 Å². The summed E-state index contributed by atoms with van der Waals surface area (Å²) >= 11 is 1.77. The minimum atomic E-state index is 0.642. The van der Waals surface area contributed by atoms with Crippen molar-refractivity contribution in [2.75, 3.05) is 6.54 Å². The van der Waals surface area contributed by atoms with E-state index in [-0.39, 0.29) is 0 Å². The van der Waals surface area contributed by atoms with Crippen molar-refractivity contribution in [1.82, 2.24) is 5.32 Å². The van der Waals surface area contributed by atoms with Crippen molar-refractivity contribution in [3.8, 4) is 0 Å². The molecule has 0 spiro atoms. The normalized spacial score (nSPS) is 26.7. The minimum Gasteiger partial charge on any atom is -0.330 e. The molecular weight excluding hydrogens is 204 g/mol. The predicted molar refractivity (Wildman–Crippen MR) is 66.0 cm³/mol. The number of thiophene rings is 1. The molecule has 1 aliphatic carbocycles. The first kappa shape index (κ1) is 11.1. The van der Waals surface area contributed by atoms with Gasteiger partial charge in [0.25, 0.3) is 0 Å². The largest absolute Gasteiger partial charge is 0.330 e. The van der Waals surface area contributed by atoms with Crippen molar-refractivity contribution in [1.29, 1.82) is 0 Å². The van der Waals surface area contributed by atoms with Crippen LogP contribution in [0.15, 0.2) is 16.8 Å². The molecule has 0 bridgehead atoms. The van der Waals surface area contributed by atoms with Crippen LogP contribution in [0.4, 0.5) is 0 Å². The van der Waals surface area contributed by atoms with E-state index in [4.69, 9.17) is 5.73 Å². The number of hydrogen-bond donors (Lipinski definition) is 2. The van der Waals surface area contributed by atoms with Crippen LogP contribution in [0.2, 0.25) is 0 Å². The molecule has 1 saturated carbocycles. The summed E-state index contributed by atoms with van der Waals surface area (Å²) in [4.78, 5) is 0. The summed E-state index contributed by atoms with van der Waals surface area (Å²) in [6.07, 6.45) is 5.32. The van der Waals surface area contributed by atoms with E-state index in [2.05, 4.69) is 22.1 Å². The van der Waals surface area contributed by atoms with Gasteiger partial charge < -0.3 is 11.1 Å². The molecule has 0 aromatic carbocycles. The Bertz CT molecular complexity index is 271. The smallest absolute Gasteiger partial charge is 0.0216 e. The molecule has 0 radical (unpaired) electrons. The van der Waals surface area contributed by atoms with Crippen LogP contribution in [-0.4, -0.2) is 12.6 Å². The van der Waals surface area contributed by atoms with Crippen LogP contribution in [-0.2, 0) is 6.54 Å². The van der Waals surface area contributed by atoms with Crippen LogP contribution < -0.4 is 11.1 Å². The zero-order valence-corrected chi connectivity index (χ0v) is 9.93. The maximum Gasteiger partial charge on any atom is 0.0216 e. The van der Waals surface area contributed by atoms with Crippen LogP contribution in [0.1, 0.15) is 31.2 Å². The molecule has 3 heteroatoms. The fraction of sp³-hybridized carbons (Fsp3) is 0.667. The van der Waals surface area contributed by atoms with Crippen LogP contribution in [0.5, 0.6) is 0 Å². The molecule has 0 amide bonds. The summed E-state index contributed by atoms with van der Waals surface area (Å²) in [5.41, 5.74) is 7.21. The number of rotatable bonds is 4. The topological polar surface area (TPSA) is 38.0 Å². The summed E-state index contributed by atoms with van der Waals surface area (Å²) in [6.45, 7) is 1.84. The van der Waals surface area contributed by atoms with Gasteiger partial charge in [-0.1, -0.05) is 12.8 Å². The number of nitrogens with one attached hydrogen (secondary N) is 1. The molecule has 15 heavy (non-hydrogen) atoms. The summed E-state index contributed by atoms with van der Waals surface area (Å²) in [5, 5.41) is 8.00. The van der Waals surface area contributed by atoms with E-state index in [1.54, 1.807) is 11.3 Å². The Hall–Kier alpha value is -0.380. The highest BCUT2D eigenvalue weighted by molar-refractivity contribution is 7.07. The van der Waals surface area contributed by atoms with Gasteiger partial charge >= 0.3 is 0 Å². The summed E-state index contributed by atoms with van der Waals surface area (Å²) in [5.74, 6) is 0.692. The molecule has 2 rings (SSSR count). The van der Waals surface area contributed by atoms with Crippen molar-refractivity contribution in [2.45, 2.75) is 38.3 Å². The summed E-state index contributed by atoms with van der Waals surface area (Å²) in [7, 11) is 0. The van der Waals surface area contributed by atoms with E-state index in [0.29, 0.717) is 12.0 Å². The van der Waals surface area contributed by atoms with Gasteiger partial charge in [-0.15, -0.1) is 0 Å². The van der Waals surface area contributed by atoms with Gasteiger partial charge in [0, 0.05) is 12.6 Å². The first-order chi connectivity index (χ1) is 7.40. The van der Waals surface area contributed by atoms with E-state index >= 15 is 0 Å². The fourth-order valence-corrected chi connectivity index (χ4v) is 3.07. The van der Waals surface area contributed by atoms with E-state index in [1.807, 2.05) is 0 Å². The van der Waals surface area contributed by atoms with E-state index in [1.165, 1.54) is 31.2 Å². The van der Waals surface area contributed by atoms with E-state index in [9.17, 15) is 0 Å². The molecular formula is C12H20N2S. The highest BCUT2D eigenvalue weighted by Crippen LogP contribution is 2.23. The van der Waals surface area contributed by atoms with Gasteiger partial charge in [-0.3, -0.25) is 0 Å². The lowest BCUT2D eigenvalue weighted by Gasteiger charge is -2.31. The SMILES string of the molecule is NCC1CCCCC1NCc1ccsc1. The van der Waals surface area contributed by atoms with Gasteiger partial charge in [0.1, 0.15) is 0 Å². The summed E-state index contributed by atoms with van der Waals surface area (Å²) in [6, 6.07) is 2.83. The lowest BCUT2D eigenvalue weighted by molar-refractivity contribution is 0.267. The molecule has 3 N–H and O–H groups in total. The third kappa shape index (κ3) is 3.03. The Balaban J connectivity index is 1.81. The summed E-state index contributed by atoms with van der Waals surface area (Å²) < 4.78 is 0. The first-order valence-electron chi connectivity index (χ1n) is 5.84. The molecule has 1 aliphatic rings. The van der Waals surface area contributed by atoms with Crippen molar-refractivity contribution < 1.29 is 0 Å². The van der Waals surface area contributed by atoms with Crippen molar-refractivity contribution >= 4 is 11.3 Å². The second-order valence-electron chi connectivity index (χ2n) is 4.40. The average molecular weight is 224 g/mol. The zero-order valence-electron chi connectivity index (χ0n) is 9.11. The number of hydrogen-bond acceptors (Lipinski definition) is 3. The van der Waals surface area contributed by atoms with Crippen molar-refractivity contribution in [2.24, 2.45) is 11.7 Å². The highest BCUT2D eigenvalue weighted by atomic mass is 32.1. The zero-order chi connectivity index (χ0) is 10.5. The van der Waals surface area contributed by atoms with Crippen LogP contribution in [0.3, 0.4) is 0 Å². The third-order valence-corrected chi connectivity index (χ3v) is 4.09. The molecule has 2 unspecified atom stereocenters. The number of nitrogens with two attached hydrogens (primary N) is 1. The van der Waals surface area contributed by atoms with Crippen LogP contribution >= 0.6 is 11.3 Å². The predicted octanol–water partition coefficient (Wildman–Crippen LogP) is 2.36. The van der Waals surface area contributed by atoms with Gasteiger partial charge in [0.05, 0.1) is 0 Å². The highest BCUT2D eigenvalue weighted by Gasteiger charge is 2.22. The Labute approximate surface area is 95.9 Å².